The van der Waals surface area contributed by atoms with Crippen molar-refractivity contribution in [2.45, 2.75) is 12.3 Å². The minimum absolute atomic E-state index is 0.207. The number of fused-ring (bicyclic) bond motifs is 8. The number of benzene rings is 7. The SMILES string of the molecule is C1=CCC(c2nc(-n3c4ccccc4c4cc(-c5ccc6c(c5)c5ccccc5n6-c5ccc6ccccc6c5)ccc43)nc3ccccc23)C=C1. The van der Waals surface area contributed by atoms with Crippen molar-refractivity contribution in [1.82, 2.24) is 19.1 Å². The Hall–Kier alpha value is -6.78. The highest BCUT2D eigenvalue weighted by Crippen LogP contribution is 2.39. The molecule has 52 heavy (non-hydrogen) atoms. The lowest BCUT2D eigenvalue weighted by atomic mass is 9.94. The average molecular weight is 665 g/mol. The standard InChI is InChI=1S/C48H32N4/c1-2-13-32(14-3-1)47-39-18-6-9-19-42(39)49-48(50-47)52-44-21-11-8-17-38(44)41-30-35(24-27-46(41)52)34-23-26-45-40(29-34)37-16-7-10-20-43(37)51(45)36-25-22-31-12-4-5-15-33(31)28-36/h1-13,15-30,32H,14H2. The topological polar surface area (TPSA) is 35.6 Å². The zero-order chi connectivity index (χ0) is 34.2. The first-order valence-corrected chi connectivity index (χ1v) is 17.9. The molecule has 3 aromatic heterocycles. The van der Waals surface area contributed by atoms with Crippen LogP contribution in [0.2, 0.25) is 0 Å². The summed E-state index contributed by atoms with van der Waals surface area (Å²) in [4.78, 5) is 10.5. The lowest BCUT2D eigenvalue weighted by molar-refractivity contribution is 0.810. The van der Waals surface area contributed by atoms with Gasteiger partial charge in [0.1, 0.15) is 0 Å². The monoisotopic (exact) mass is 664 g/mol. The van der Waals surface area contributed by atoms with Crippen LogP contribution in [0.4, 0.5) is 0 Å². The molecule has 0 fully saturated rings. The first kappa shape index (κ1) is 29.0. The largest absolute Gasteiger partial charge is 0.309 e. The third kappa shape index (κ3) is 4.41. The van der Waals surface area contributed by atoms with Gasteiger partial charge in [0.15, 0.2) is 0 Å². The lowest BCUT2D eigenvalue weighted by Crippen LogP contribution is -2.08. The Morgan fingerprint density at radius 1 is 0.462 bits per heavy atom. The number of rotatable bonds is 4. The van der Waals surface area contributed by atoms with Crippen molar-refractivity contribution in [1.29, 1.82) is 0 Å². The quantitative estimate of drug-likeness (QED) is 0.188. The highest BCUT2D eigenvalue weighted by Gasteiger charge is 2.21. The Morgan fingerprint density at radius 3 is 1.81 bits per heavy atom. The molecule has 1 aliphatic carbocycles. The zero-order valence-electron chi connectivity index (χ0n) is 28.3. The van der Waals surface area contributed by atoms with E-state index in [1.165, 1.54) is 60.2 Å². The molecule has 7 aromatic carbocycles. The maximum atomic E-state index is 5.32. The number of allylic oxidation sites excluding steroid dienone is 4. The Labute approximate surface area is 300 Å². The molecule has 1 aliphatic rings. The Bertz CT molecular complexity index is 3120. The number of para-hydroxylation sites is 3. The normalized spacial score (nSPS) is 14.5. The van der Waals surface area contributed by atoms with Crippen LogP contribution in [0.25, 0.3) is 88.0 Å². The van der Waals surface area contributed by atoms with Gasteiger partial charge < -0.3 is 4.57 Å². The van der Waals surface area contributed by atoms with Gasteiger partial charge in [-0.25, -0.2) is 9.97 Å². The van der Waals surface area contributed by atoms with E-state index in [4.69, 9.17) is 9.97 Å². The van der Waals surface area contributed by atoms with Gasteiger partial charge in [0, 0.05) is 38.5 Å². The summed E-state index contributed by atoms with van der Waals surface area (Å²) in [5, 5.41) is 8.46. The molecule has 0 aliphatic heterocycles. The summed E-state index contributed by atoms with van der Waals surface area (Å²) in [6, 6.07) is 54.8. The van der Waals surface area contributed by atoms with Crippen LogP contribution in [0.3, 0.4) is 0 Å². The molecule has 1 atom stereocenters. The minimum atomic E-state index is 0.207. The smallest absolute Gasteiger partial charge is 0.235 e. The van der Waals surface area contributed by atoms with Gasteiger partial charge in [-0.15, -0.1) is 0 Å². The molecular formula is C48H32N4. The predicted molar refractivity (Wildman–Crippen MR) is 217 cm³/mol. The molecule has 0 saturated carbocycles. The predicted octanol–water partition coefficient (Wildman–Crippen LogP) is 12.2. The second-order valence-electron chi connectivity index (χ2n) is 13.8. The molecule has 4 heteroatoms. The fraction of sp³-hybridized carbons (Fsp3) is 0.0417. The first-order valence-electron chi connectivity index (χ1n) is 17.9. The first-order chi connectivity index (χ1) is 25.8. The van der Waals surface area contributed by atoms with Gasteiger partial charge in [0.25, 0.3) is 0 Å². The molecule has 10 aromatic rings. The fourth-order valence-electron chi connectivity index (χ4n) is 8.37. The van der Waals surface area contributed by atoms with E-state index < -0.39 is 0 Å². The van der Waals surface area contributed by atoms with Crippen LogP contribution in [-0.4, -0.2) is 19.1 Å². The molecule has 1 unspecified atom stereocenters. The van der Waals surface area contributed by atoms with E-state index in [-0.39, 0.29) is 5.92 Å². The Balaban J connectivity index is 1.09. The van der Waals surface area contributed by atoms with Crippen LogP contribution in [0.1, 0.15) is 18.0 Å². The molecular weight excluding hydrogens is 633 g/mol. The Morgan fingerprint density at radius 2 is 1.08 bits per heavy atom. The van der Waals surface area contributed by atoms with Crippen molar-refractivity contribution in [2.24, 2.45) is 0 Å². The van der Waals surface area contributed by atoms with Gasteiger partial charge in [0.2, 0.25) is 5.95 Å². The van der Waals surface area contributed by atoms with Crippen molar-refractivity contribution >= 4 is 65.3 Å². The number of aromatic nitrogens is 4. The van der Waals surface area contributed by atoms with E-state index >= 15 is 0 Å². The van der Waals surface area contributed by atoms with E-state index in [0.717, 1.165) is 34.1 Å². The summed E-state index contributed by atoms with van der Waals surface area (Å²) >= 11 is 0. The van der Waals surface area contributed by atoms with Gasteiger partial charge in [-0.1, -0.05) is 121 Å². The third-order valence-corrected chi connectivity index (χ3v) is 10.8. The highest BCUT2D eigenvalue weighted by atomic mass is 15.2. The van der Waals surface area contributed by atoms with Gasteiger partial charge in [-0.3, -0.25) is 4.57 Å². The molecule has 11 rings (SSSR count). The molecule has 0 amide bonds. The van der Waals surface area contributed by atoms with Crippen LogP contribution in [-0.2, 0) is 0 Å². The molecule has 0 N–H and O–H groups in total. The van der Waals surface area contributed by atoms with Gasteiger partial charge in [0.05, 0.1) is 33.3 Å². The third-order valence-electron chi connectivity index (χ3n) is 10.8. The maximum Gasteiger partial charge on any atom is 0.235 e. The number of hydrogen-bond acceptors (Lipinski definition) is 2. The summed E-state index contributed by atoms with van der Waals surface area (Å²) in [5.74, 6) is 0.914. The van der Waals surface area contributed by atoms with Crippen LogP contribution >= 0.6 is 0 Å². The van der Waals surface area contributed by atoms with Gasteiger partial charge >= 0.3 is 0 Å². The second-order valence-corrected chi connectivity index (χ2v) is 13.8. The lowest BCUT2D eigenvalue weighted by Gasteiger charge is -2.17. The Kier molecular flexibility index (Phi) is 6.34. The van der Waals surface area contributed by atoms with Crippen molar-refractivity contribution in [3.05, 3.63) is 182 Å². The van der Waals surface area contributed by atoms with Crippen molar-refractivity contribution in [3.63, 3.8) is 0 Å². The average Bonchev–Trinajstić information content (AvgIpc) is 3.73. The van der Waals surface area contributed by atoms with Crippen molar-refractivity contribution < 1.29 is 0 Å². The molecule has 4 nitrogen and oxygen atoms in total. The molecule has 0 saturated heterocycles. The van der Waals surface area contributed by atoms with E-state index in [0.29, 0.717) is 5.95 Å². The summed E-state index contributed by atoms with van der Waals surface area (Å²) in [6.07, 6.45) is 9.66. The zero-order valence-corrected chi connectivity index (χ0v) is 28.3. The van der Waals surface area contributed by atoms with Crippen LogP contribution < -0.4 is 0 Å². The van der Waals surface area contributed by atoms with E-state index in [1.807, 2.05) is 0 Å². The second kappa shape index (κ2) is 11.4. The molecule has 244 valence electrons. The summed E-state index contributed by atoms with van der Waals surface area (Å²) in [6.45, 7) is 0. The fourth-order valence-corrected chi connectivity index (χ4v) is 8.37. The van der Waals surface area contributed by atoms with E-state index in [2.05, 4.69) is 185 Å². The van der Waals surface area contributed by atoms with E-state index in [9.17, 15) is 0 Å². The van der Waals surface area contributed by atoms with Crippen molar-refractivity contribution in [2.75, 3.05) is 0 Å². The van der Waals surface area contributed by atoms with Crippen molar-refractivity contribution in [3.8, 4) is 22.8 Å². The highest BCUT2D eigenvalue weighted by molar-refractivity contribution is 6.12. The van der Waals surface area contributed by atoms with Crippen LogP contribution in [0.15, 0.2) is 176 Å². The summed E-state index contributed by atoms with van der Waals surface area (Å²) in [5.41, 5.74) is 10.2. The number of nitrogens with zero attached hydrogens (tertiary/aromatic N) is 4. The van der Waals surface area contributed by atoms with Gasteiger partial charge in [-0.2, -0.15) is 0 Å². The summed E-state index contributed by atoms with van der Waals surface area (Å²) < 4.78 is 4.64. The molecule has 0 spiro atoms. The molecule has 0 bridgehead atoms. The van der Waals surface area contributed by atoms with Gasteiger partial charge in [-0.05, 0) is 82.9 Å². The number of hydrogen-bond donors (Lipinski definition) is 0. The molecule has 3 heterocycles. The van der Waals surface area contributed by atoms with Crippen LogP contribution in [0, 0.1) is 0 Å². The summed E-state index contributed by atoms with van der Waals surface area (Å²) in [7, 11) is 0. The van der Waals surface area contributed by atoms with E-state index in [1.54, 1.807) is 0 Å². The van der Waals surface area contributed by atoms with Crippen LogP contribution in [0.5, 0.6) is 0 Å². The molecule has 0 radical (unpaired) electrons. The maximum absolute atomic E-state index is 5.32. The minimum Gasteiger partial charge on any atom is -0.309 e.